The van der Waals surface area contributed by atoms with E-state index >= 15 is 0 Å². The van der Waals surface area contributed by atoms with Crippen molar-refractivity contribution in [2.45, 2.75) is 52.0 Å². The maximum atomic E-state index is 6.12. The molecule has 2 heteroatoms. The van der Waals surface area contributed by atoms with E-state index in [9.17, 15) is 0 Å². The summed E-state index contributed by atoms with van der Waals surface area (Å²) in [5, 5.41) is 1.40. The first-order valence-electron chi connectivity index (χ1n) is 7.07. The largest absolute Gasteiger partial charge is 0.358 e. The van der Waals surface area contributed by atoms with Crippen LogP contribution < -0.4 is 5.73 Å². The third kappa shape index (κ3) is 1.85. The molecule has 1 heterocycles. The van der Waals surface area contributed by atoms with Gasteiger partial charge in [0.25, 0.3) is 0 Å². The maximum Gasteiger partial charge on any atom is 0.0461 e. The Labute approximate surface area is 109 Å². The molecule has 0 saturated carbocycles. The second-order valence-corrected chi connectivity index (χ2v) is 5.62. The van der Waals surface area contributed by atoms with Crippen LogP contribution in [0.25, 0.3) is 10.9 Å². The van der Waals surface area contributed by atoms with Crippen LogP contribution in [0.3, 0.4) is 0 Å². The highest BCUT2D eigenvalue weighted by Gasteiger charge is 2.16. The van der Waals surface area contributed by atoms with Gasteiger partial charge in [-0.2, -0.15) is 0 Å². The smallest absolute Gasteiger partial charge is 0.0461 e. The minimum Gasteiger partial charge on any atom is -0.358 e. The SMILES string of the molecule is CCC(N)Cc1c(C)[nH]c2cc3c(cc12)CCC3. The molecule has 3 rings (SSSR count). The number of nitrogens with one attached hydrogen (secondary N) is 1. The van der Waals surface area contributed by atoms with Gasteiger partial charge in [-0.05, 0) is 67.9 Å². The molecular weight excluding hydrogens is 220 g/mol. The van der Waals surface area contributed by atoms with Gasteiger partial charge in [0.05, 0.1) is 0 Å². The molecule has 2 aromatic rings. The van der Waals surface area contributed by atoms with Gasteiger partial charge < -0.3 is 10.7 Å². The Kier molecular flexibility index (Phi) is 2.90. The van der Waals surface area contributed by atoms with Crippen molar-refractivity contribution in [2.75, 3.05) is 0 Å². The van der Waals surface area contributed by atoms with Gasteiger partial charge in [-0.3, -0.25) is 0 Å². The summed E-state index contributed by atoms with van der Waals surface area (Å²) in [5.41, 5.74) is 13.2. The molecule has 1 atom stereocenters. The number of aromatic amines is 1. The lowest BCUT2D eigenvalue weighted by Crippen LogP contribution is -2.21. The molecule has 0 bridgehead atoms. The predicted molar refractivity (Wildman–Crippen MR) is 77.0 cm³/mol. The van der Waals surface area contributed by atoms with E-state index < -0.39 is 0 Å². The number of aromatic nitrogens is 1. The Morgan fingerprint density at radius 2 is 2.00 bits per heavy atom. The van der Waals surface area contributed by atoms with Gasteiger partial charge in [0, 0.05) is 22.6 Å². The van der Waals surface area contributed by atoms with Gasteiger partial charge in [0.2, 0.25) is 0 Å². The molecule has 0 radical (unpaired) electrons. The van der Waals surface area contributed by atoms with Gasteiger partial charge in [0.1, 0.15) is 0 Å². The molecule has 96 valence electrons. The van der Waals surface area contributed by atoms with E-state index in [1.165, 1.54) is 47.0 Å². The van der Waals surface area contributed by atoms with Gasteiger partial charge in [-0.15, -0.1) is 0 Å². The fraction of sp³-hybridized carbons (Fsp3) is 0.500. The summed E-state index contributed by atoms with van der Waals surface area (Å²) in [5.74, 6) is 0. The quantitative estimate of drug-likeness (QED) is 0.852. The summed E-state index contributed by atoms with van der Waals surface area (Å²) in [6.07, 6.45) is 5.82. The van der Waals surface area contributed by atoms with Crippen molar-refractivity contribution in [2.24, 2.45) is 5.73 Å². The van der Waals surface area contributed by atoms with Crippen LogP contribution in [0.4, 0.5) is 0 Å². The van der Waals surface area contributed by atoms with E-state index in [4.69, 9.17) is 5.73 Å². The lowest BCUT2D eigenvalue weighted by molar-refractivity contribution is 0.646. The highest BCUT2D eigenvalue weighted by molar-refractivity contribution is 5.86. The highest BCUT2D eigenvalue weighted by Crippen LogP contribution is 2.31. The summed E-state index contributed by atoms with van der Waals surface area (Å²) in [6, 6.07) is 5.03. The molecule has 1 aliphatic carbocycles. The van der Waals surface area contributed by atoms with Crippen LogP contribution in [-0.4, -0.2) is 11.0 Å². The molecule has 1 aromatic heterocycles. The summed E-state index contributed by atoms with van der Waals surface area (Å²) >= 11 is 0. The number of fused-ring (bicyclic) bond motifs is 2. The molecule has 1 aromatic carbocycles. The first-order valence-corrected chi connectivity index (χ1v) is 7.07. The molecule has 0 spiro atoms. The topological polar surface area (TPSA) is 41.8 Å². The predicted octanol–water partition coefficient (Wildman–Crippen LogP) is 3.24. The van der Waals surface area contributed by atoms with Gasteiger partial charge in [-0.1, -0.05) is 6.92 Å². The van der Waals surface area contributed by atoms with Crippen molar-refractivity contribution in [3.63, 3.8) is 0 Å². The van der Waals surface area contributed by atoms with Crippen LogP contribution >= 0.6 is 0 Å². The number of rotatable bonds is 3. The van der Waals surface area contributed by atoms with Gasteiger partial charge >= 0.3 is 0 Å². The molecule has 1 aliphatic rings. The van der Waals surface area contributed by atoms with Gasteiger partial charge in [0.15, 0.2) is 0 Å². The van der Waals surface area contributed by atoms with Crippen molar-refractivity contribution in [3.05, 3.63) is 34.5 Å². The van der Waals surface area contributed by atoms with Crippen molar-refractivity contribution in [1.29, 1.82) is 0 Å². The number of aryl methyl sites for hydroxylation is 3. The van der Waals surface area contributed by atoms with Crippen LogP contribution in [0.1, 0.15) is 42.1 Å². The van der Waals surface area contributed by atoms with Crippen molar-refractivity contribution >= 4 is 10.9 Å². The average molecular weight is 242 g/mol. The Morgan fingerprint density at radius 1 is 1.28 bits per heavy atom. The molecule has 3 N–H and O–H groups in total. The van der Waals surface area contributed by atoms with E-state index in [1.54, 1.807) is 5.56 Å². The summed E-state index contributed by atoms with van der Waals surface area (Å²) in [4.78, 5) is 3.53. The third-order valence-electron chi connectivity index (χ3n) is 4.32. The standard InChI is InChI=1S/C16H22N2/c1-3-13(17)9-14-10(2)18-16-8-12-6-4-5-11(12)7-15(14)16/h7-8,13,18H,3-6,9,17H2,1-2H3. The second-order valence-electron chi connectivity index (χ2n) is 5.62. The lowest BCUT2D eigenvalue weighted by atomic mass is 9.99. The monoisotopic (exact) mass is 242 g/mol. The summed E-state index contributed by atoms with van der Waals surface area (Å²) in [7, 11) is 0. The maximum absolute atomic E-state index is 6.12. The third-order valence-corrected chi connectivity index (χ3v) is 4.32. The van der Waals surface area contributed by atoms with E-state index in [0.29, 0.717) is 0 Å². The Morgan fingerprint density at radius 3 is 2.72 bits per heavy atom. The fourth-order valence-corrected chi connectivity index (χ4v) is 3.13. The normalized spacial score (nSPS) is 16.2. The number of hydrogen-bond acceptors (Lipinski definition) is 1. The zero-order chi connectivity index (χ0) is 12.7. The summed E-state index contributed by atoms with van der Waals surface area (Å²) < 4.78 is 0. The minimum atomic E-state index is 0.274. The van der Waals surface area contributed by atoms with E-state index in [2.05, 4.69) is 31.0 Å². The molecule has 0 fully saturated rings. The van der Waals surface area contributed by atoms with E-state index in [1.807, 2.05) is 0 Å². The second kappa shape index (κ2) is 4.43. The number of benzene rings is 1. The molecule has 18 heavy (non-hydrogen) atoms. The molecular formula is C16H22N2. The highest BCUT2D eigenvalue weighted by atomic mass is 14.7. The van der Waals surface area contributed by atoms with Crippen molar-refractivity contribution in [3.8, 4) is 0 Å². The summed E-state index contributed by atoms with van der Waals surface area (Å²) in [6.45, 7) is 4.33. The zero-order valence-corrected chi connectivity index (χ0v) is 11.3. The van der Waals surface area contributed by atoms with Gasteiger partial charge in [-0.25, -0.2) is 0 Å². The molecule has 0 saturated heterocycles. The van der Waals surface area contributed by atoms with Crippen LogP contribution in [0, 0.1) is 6.92 Å². The first-order chi connectivity index (χ1) is 8.69. The minimum absolute atomic E-state index is 0.274. The average Bonchev–Trinajstić information content (AvgIpc) is 2.91. The van der Waals surface area contributed by atoms with Crippen LogP contribution in [0.5, 0.6) is 0 Å². The Balaban J connectivity index is 2.10. The fourth-order valence-electron chi connectivity index (χ4n) is 3.13. The van der Waals surface area contributed by atoms with Crippen LogP contribution in [0.2, 0.25) is 0 Å². The molecule has 0 amide bonds. The number of H-pyrrole nitrogens is 1. The molecule has 0 aliphatic heterocycles. The zero-order valence-electron chi connectivity index (χ0n) is 11.3. The molecule has 1 unspecified atom stereocenters. The van der Waals surface area contributed by atoms with Crippen molar-refractivity contribution < 1.29 is 0 Å². The number of hydrogen-bond donors (Lipinski definition) is 2. The lowest BCUT2D eigenvalue weighted by Gasteiger charge is -2.09. The number of nitrogens with two attached hydrogens (primary N) is 1. The van der Waals surface area contributed by atoms with E-state index in [0.717, 1.165) is 12.8 Å². The first kappa shape index (κ1) is 11.8. The van der Waals surface area contributed by atoms with Crippen molar-refractivity contribution in [1.82, 2.24) is 4.98 Å². The Hall–Kier alpha value is -1.28. The van der Waals surface area contributed by atoms with E-state index in [-0.39, 0.29) is 6.04 Å². The van der Waals surface area contributed by atoms with Crippen LogP contribution in [-0.2, 0) is 19.3 Å². The van der Waals surface area contributed by atoms with Crippen LogP contribution in [0.15, 0.2) is 12.1 Å². The molecule has 2 nitrogen and oxygen atoms in total. The Bertz CT molecular complexity index is 580.